The number of amides is 2. The van der Waals surface area contributed by atoms with Gasteiger partial charge in [0.25, 0.3) is 0 Å². The molecule has 1 fully saturated rings. The van der Waals surface area contributed by atoms with E-state index in [1.807, 2.05) is 36.5 Å². The third-order valence-electron chi connectivity index (χ3n) is 4.15. The Morgan fingerprint density at radius 1 is 1.13 bits per heavy atom. The van der Waals surface area contributed by atoms with Gasteiger partial charge in [-0.15, -0.1) is 11.3 Å². The van der Waals surface area contributed by atoms with Crippen molar-refractivity contribution in [2.45, 2.75) is 25.2 Å². The van der Waals surface area contributed by atoms with Gasteiger partial charge in [-0.3, -0.25) is 10.3 Å². The maximum Gasteiger partial charge on any atom is 0.325 e. The van der Waals surface area contributed by atoms with Crippen LogP contribution in [0.2, 0.25) is 0 Å². The largest absolute Gasteiger partial charge is 0.325 e. The highest BCUT2D eigenvalue weighted by Gasteiger charge is 2.22. The summed E-state index contributed by atoms with van der Waals surface area (Å²) in [6.07, 6.45) is 7.38. The number of pyridine rings is 1. The summed E-state index contributed by atoms with van der Waals surface area (Å²) in [6, 6.07) is 9.18. The van der Waals surface area contributed by atoms with Crippen molar-refractivity contribution >= 4 is 39.1 Å². The first kappa shape index (κ1) is 14.1. The molecule has 1 aromatic carbocycles. The summed E-state index contributed by atoms with van der Waals surface area (Å²) in [6.45, 7) is 0. The van der Waals surface area contributed by atoms with E-state index in [1.54, 1.807) is 17.5 Å². The van der Waals surface area contributed by atoms with Crippen molar-refractivity contribution in [3.05, 3.63) is 47.6 Å². The molecule has 0 bridgehead atoms. The lowest BCUT2D eigenvalue weighted by Crippen LogP contribution is -2.19. The summed E-state index contributed by atoms with van der Waals surface area (Å²) in [4.78, 5) is 22.1. The second-order valence-electron chi connectivity index (χ2n) is 5.65. The molecule has 5 nitrogen and oxygen atoms in total. The fraction of sp³-hybridized carbons (Fsp3) is 0.235. The second kappa shape index (κ2) is 5.96. The van der Waals surface area contributed by atoms with Crippen LogP contribution in [0.25, 0.3) is 10.9 Å². The molecular weight excluding hydrogens is 308 g/mol. The molecule has 0 saturated heterocycles. The SMILES string of the molecule is O=C(Nc1ncc(C2CCC2)s1)Nc1cccc2ncccc12. The molecule has 0 atom stereocenters. The van der Waals surface area contributed by atoms with Crippen LogP contribution in [-0.2, 0) is 0 Å². The molecule has 3 aromatic rings. The normalized spacial score (nSPS) is 14.4. The van der Waals surface area contributed by atoms with Crippen LogP contribution in [0.1, 0.15) is 30.1 Å². The molecule has 0 aliphatic heterocycles. The molecule has 2 heterocycles. The van der Waals surface area contributed by atoms with Crippen LogP contribution in [0.4, 0.5) is 15.6 Å². The van der Waals surface area contributed by atoms with Gasteiger partial charge in [-0.2, -0.15) is 0 Å². The van der Waals surface area contributed by atoms with Gasteiger partial charge in [0, 0.05) is 22.7 Å². The summed E-state index contributed by atoms with van der Waals surface area (Å²) in [5.74, 6) is 0.634. The van der Waals surface area contributed by atoms with Gasteiger partial charge in [0.15, 0.2) is 5.13 Å². The number of nitrogens with zero attached hydrogens (tertiary/aromatic N) is 2. The van der Waals surface area contributed by atoms with Crippen LogP contribution in [0.3, 0.4) is 0 Å². The Labute approximate surface area is 137 Å². The van der Waals surface area contributed by atoms with E-state index >= 15 is 0 Å². The van der Waals surface area contributed by atoms with Crippen molar-refractivity contribution in [1.82, 2.24) is 9.97 Å². The number of benzene rings is 1. The van der Waals surface area contributed by atoms with E-state index in [-0.39, 0.29) is 6.03 Å². The fourth-order valence-electron chi connectivity index (χ4n) is 2.69. The van der Waals surface area contributed by atoms with Crippen molar-refractivity contribution in [2.75, 3.05) is 10.6 Å². The molecule has 0 radical (unpaired) electrons. The summed E-state index contributed by atoms with van der Waals surface area (Å²) >= 11 is 1.56. The first-order chi connectivity index (χ1) is 11.3. The fourth-order valence-corrected chi connectivity index (χ4v) is 3.67. The van der Waals surface area contributed by atoms with Crippen molar-refractivity contribution in [3.63, 3.8) is 0 Å². The lowest BCUT2D eigenvalue weighted by molar-refractivity contribution is 0.262. The number of carbonyl (C=O) groups is 1. The molecule has 116 valence electrons. The van der Waals surface area contributed by atoms with Gasteiger partial charge < -0.3 is 5.32 Å². The zero-order valence-electron chi connectivity index (χ0n) is 12.5. The van der Waals surface area contributed by atoms with Crippen LogP contribution < -0.4 is 10.6 Å². The molecule has 1 aliphatic rings. The van der Waals surface area contributed by atoms with E-state index in [0.29, 0.717) is 11.0 Å². The topological polar surface area (TPSA) is 66.9 Å². The highest BCUT2D eigenvalue weighted by Crippen LogP contribution is 2.39. The smallest absolute Gasteiger partial charge is 0.307 e. The minimum absolute atomic E-state index is 0.282. The Morgan fingerprint density at radius 2 is 2.04 bits per heavy atom. The maximum atomic E-state index is 12.2. The number of thiazole rings is 1. The van der Waals surface area contributed by atoms with Gasteiger partial charge in [0.05, 0.1) is 11.2 Å². The van der Waals surface area contributed by atoms with Gasteiger partial charge in [0.1, 0.15) is 0 Å². The summed E-state index contributed by atoms with van der Waals surface area (Å²) < 4.78 is 0. The van der Waals surface area contributed by atoms with E-state index in [9.17, 15) is 4.79 Å². The third-order valence-corrected chi connectivity index (χ3v) is 5.22. The quantitative estimate of drug-likeness (QED) is 0.739. The van der Waals surface area contributed by atoms with Gasteiger partial charge in [-0.1, -0.05) is 12.5 Å². The Balaban J connectivity index is 1.47. The number of fused-ring (bicyclic) bond motifs is 1. The highest BCUT2D eigenvalue weighted by molar-refractivity contribution is 7.15. The number of hydrogen-bond donors (Lipinski definition) is 2. The number of carbonyl (C=O) groups excluding carboxylic acids is 1. The van der Waals surface area contributed by atoms with Crippen molar-refractivity contribution in [3.8, 4) is 0 Å². The Morgan fingerprint density at radius 3 is 2.87 bits per heavy atom. The second-order valence-corrected chi connectivity index (χ2v) is 6.71. The molecular formula is C17H16N4OS. The molecule has 6 heteroatoms. The number of hydrogen-bond acceptors (Lipinski definition) is 4. The zero-order valence-corrected chi connectivity index (χ0v) is 13.3. The Kier molecular flexibility index (Phi) is 3.67. The monoisotopic (exact) mass is 324 g/mol. The minimum Gasteiger partial charge on any atom is -0.307 e. The molecule has 0 unspecified atom stereocenters. The van der Waals surface area contributed by atoms with Crippen molar-refractivity contribution in [2.24, 2.45) is 0 Å². The van der Waals surface area contributed by atoms with Crippen LogP contribution in [0.5, 0.6) is 0 Å². The summed E-state index contributed by atoms with van der Waals surface area (Å²) in [7, 11) is 0. The van der Waals surface area contributed by atoms with Crippen LogP contribution in [-0.4, -0.2) is 16.0 Å². The van der Waals surface area contributed by atoms with E-state index < -0.39 is 0 Å². The van der Waals surface area contributed by atoms with E-state index in [4.69, 9.17) is 0 Å². The maximum absolute atomic E-state index is 12.2. The number of rotatable bonds is 3. The summed E-state index contributed by atoms with van der Waals surface area (Å²) in [5.41, 5.74) is 1.59. The average molecular weight is 324 g/mol. The van der Waals surface area contributed by atoms with E-state index in [0.717, 1.165) is 16.6 Å². The third kappa shape index (κ3) is 2.90. The Bertz CT molecular complexity index is 851. The van der Waals surface area contributed by atoms with Crippen LogP contribution in [0, 0.1) is 0 Å². The van der Waals surface area contributed by atoms with Gasteiger partial charge >= 0.3 is 6.03 Å². The lowest BCUT2D eigenvalue weighted by Gasteiger charge is -2.23. The molecule has 4 rings (SSSR count). The number of nitrogens with one attached hydrogen (secondary N) is 2. The van der Waals surface area contributed by atoms with Crippen LogP contribution in [0.15, 0.2) is 42.7 Å². The first-order valence-corrected chi connectivity index (χ1v) is 8.49. The standard InChI is InChI=1S/C17H16N4OS/c22-16(21-17-19-10-15(23-17)11-4-1-5-11)20-14-8-2-7-13-12(14)6-3-9-18-13/h2-3,6-11H,1,4-5H2,(H2,19,20,21,22). The van der Waals surface area contributed by atoms with Crippen molar-refractivity contribution < 1.29 is 4.79 Å². The molecule has 2 N–H and O–H groups in total. The average Bonchev–Trinajstić information content (AvgIpc) is 2.93. The predicted molar refractivity (Wildman–Crippen MR) is 93.1 cm³/mol. The molecule has 1 saturated carbocycles. The van der Waals surface area contributed by atoms with Gasteiger partial charge in [-0.05, 0) is 43.0 Å². The molecule has 23 heavy (non-hydrogen) atoms. The van der Waals surface area contributed by atoms with E-state index in [1.165, 1.54) is 24.1 Å². The number of aromatic nitrogens is 2. The van der Waals surface area contributed by atoms with E-state index in [2.05, 4.69) is 20.6 Å². The Hall–Kier alpha value is -2.47. The number of anilines is 2. The molecule has 1 aliphatic carbocycles. The minimum atomic E-state index is -0.282. The first-order valence-electron chi connectivity index (χ1n) is 7.67. The zero-order chi connectivity index (χ0) is 15.6. The lowest BCUT2D eigenvalue weighted by atomic mass is 9.85. The van der Waals surface area contributed by atoms with Crippen LogP contribution >= 0.6 is 11.3 Å². The summed E-state index contributed by atoms with van der Waals surface area (Å²) in [5, 5.41) is 7.25. The molecule has 2 amide bonds. The van der Waals surface area contributed by atoms with Gasteiger partial charge in [0.2, 0.25) is 0 Å². The van der Waals surface area contributed by atoms with Gasteiger partial charge in [-0.25, -0.2) is 9.78 Å². The molecule has 0 spiro atoms. The predicted octanol–water partition coefficient (Wildman–Crippen LogP) is 4.60. The number of urea groups is 1. The van der Waals surface area contributed by atoms with Crippen molar-refractivity contribution in [1.29, 1.82) is 0 Å². The highest BCUT2D eigenvalue weighted by atomic mass is 32.1. The molecule has 2 aromatic heterocycles.